The summed E-state index contributed by atoms with van der Waals surface area (Å²) >= 11 is 1.21. The Morgan fingerprint density at radius 2 is 2.25 bits per heavy atom. The number of thiazole rings is 1. The first-order valence-corrected chi connectivity index (χ1v) is 8.95. The SMILES string of the molecule is NC[C@@H]1[C@H]2CC[C@H](C2)N1C(=O)c1nc(N)sc1-c1cccc(F)c1. The smallest absolute Gasteiger partial charge is 0.274 e. The second-order valence-corrected chi connectivity index (χ2v) is 7.51. The van der Waals surface area contributed by atoms with Gasteiger partial charge in [0.15, 0.2) is 5.13 Å². The molecule has 1 aromatic carbocycles. The number of hydrogen-bond donors (Lipinski definition) is 2. The van der Waals surface area contributed by atoms with Crippen molar-refractivity contribution in [1.82, 2.24) is 9.88 Å². The zero-order valence-corrected chi connectivity index (χ0v) is 13.9. The lowest BCUT2D eigenvalue weighted by Crippen LogP contribution is -2.48. The summed E-state index contributed by atoms with van der Waals surface area (Å²) in [5.74, 6) is 0.000322. The van der Waals surface area contributed by atoms with Crippen molar-refractivity contribution in [2.24, 2.45) is 11.7 Å². The molecule has 7 heteroatoms. The molecule has 0 spiro atoms. The number of rotatable bonds is 3. The number of piperidine rings is 1. The Morgan fingerprint density at radius 1 is 1.42 bits per heavy atom. The number of nitrogens with zero attached hydrogens (tertiary/aromatic N) is 2. The highest BCUT2D eigenvalue weighted by Crippen LogP contribution is 2.44. The van der Waals surface area contributed by atoms with E-state index in [4.69, 9.17) is 11.5 Å². The monoisotopic (exact) mass is 346 g/mol. The van der Waals surface area contributed by atoms with Gasteiger partial charge in [-0.2, -0.15) is 0 Å². The molecule has 2 aliphatic rings. The molecule has 1 aliphatic heterocycles. The molecule has 1 saturated carbocycles. The zero-order valence-electron chi connectivity index (χ0n) is 13.1. The van der Waals surface area contributed by atoms with Crippen molar-refractivity contribution in [2.75, 3.05) is 12.3 Å². The summed E-state index contributed by atoms with van der Waals surface area (Å²) in [4.78, 5) is 19.9. The van der Waals surface area contributed by atoms with Crippen LogP contribution in [-0.4, -0.2) is 34.4 Å². The minimum absolute atomic E-state index is 0.0690. The number of aromatic nitrogens is 1. The maximum absolute atomic E-state index is 13.6. The van der Waals surface area contributed by atoms with Crippen molar-refractivity contribution in [3.05, 3.63) is 35.8 Å². The molecule has 2 fully saturated rings. The van der Waals surface area contributed by atoms with E-state index in [0.717, 1.165) is 19.3 Å². The number of carbonyl (C=O) groups is 1. The molecule has 1 saturated heterocycles. The summed E-state index contributed by atoms with van der Waals surface area (Å²) in [6, 6.07) is 6.47. The third kappa shape index (κ3) is 2.39. The fourth-order valence-electron chi connectivity index (χ4n) is 4.14. The van der Waals surface area contributed by atoms with Crippen LogP contribution in [0, 0.1) is 11.7 Å². The van der Waals surface area contributed by atoms with Gasteiger partial charge in [0.1, 0.15) is 11.5 Å². The van der Waals surface area contributed by atoms with Crippen molar-refractivity contribution in [3.8, 4) is 10.4 Å². The molecule has 1 aliphatic carbocycles. The Labute approximate surface area is 143 Å². The van der Waals surface area contributed by atoms with Gasteiger partial charge in [0.2, 0.25) is 0 Å². The minimum atomic E-state index is -0.349. The largest absolute Gasteiger partial charge is 0.375 e. The van der Waals surface area contributed by atoms with Gasteiger partial charge in [-0.05, 0) is 42.9 Å². The van der Waals surface area contributed by atoms with Gasteiger partial charge >= 0.3 is 0 Å². The van der Waals surface area contributed by atoms with Crippen LogP contribution in [0.2, 0.25) is 0 Å². The van der Waals surface area contributed by atoms with Crippen LogP contribution in [-0.2, 0) is 0 Å². The van der Waals surface area contributed by atoms with Gasteiger partial charge < -0.3 is 16.4 Å². The molecule has 126 valence electrons. The van der Waals surface area contributed by atoms with Crippen LogP contribution in [0.4, 0.5) is 9.52 Å². The number of benzene rings is 1. The molecule has 2 heterocycles. The van der Waals surface area contributed by atoms with Crippen molar-refractivity contribution in [2.45, 2.75) is 31.3 Å². The Bertz CT molecular complexity index is 793. The minimum Gasteiger partial charge on any atom is -0.375 e. The van der Waals surface area contributed by atoms with Gasteiger partial charge in [0.05, 0.1) is 4.88 Å². The number of nitrogen functional groups attached to an aromatic ring is 1. The Kier molecular flexibility index (Phi) is 3.77. The fourth-order valence-corrected chi connectivity index (χ4v) is 4.96. The van der Waals surface area contributed by atoms with Crippen LogP contribution in [0.3, 0.4) is 0 Å². The van der Waals surface area contributed by atoms with Crippen LogP contribution in [0.1, 0.15) is 29.8 Å². The van der Waals surface area contributed by atoms with E-state index in [1.54, 1.807) is 12.1 Å². The molecule has 0 radical (unpaired) electrons. The number of halogens is 1. The lowest BCUT2D eigenvalue weighted by Gasteiger charge is -2.34. The standard InChI is InChI=1S/C17H19FN4OS/c18-11-3-1-2-10(6-11)15-14(21-17(20)24-15)16(23)22-12-5-4-9(7-12)13(22)8-19/h1-3,6,9,12-13H,4-5,7-8,19H2,(H2,20,21)/t9-,12+,13+/m0/s1. The predicted molar refractivity (Wildman–Crippen MR) is 92.1 cm³/mol. The highest BCUT2D eigenvalue weighted by Gasteiger charge is 2.48. The van der Waals surface area contributed by atoms with E-state index in [1.807, 2.05) is 4.90 Å². The highest BCUT2D eigenvalue weighted by molar-refractivity contribution is 7.19. The van der Waals surface area contributed by atoms with Crippen molar-refractivity contribution in [1.29, 1.82) is 0 Å². The lowest BCUT2D eigenvalue weighted by atomic mass is 9.98. The van der Waals surface area contributed by atoms with Gasteiger partial charge in [0.25, 0.3) is 5.91 Å². The molecule has 1 aromatic heterocycles. The second-order valence-electron chi connectivity index (χ2n) is 6.48. The first kappa shape index (κ1) is 15.5. The second kappa shape index (κ2) is 5.82. The van der Waals surface area contributed by atoms with Crippen LogP contribution >= 0.6 is 11.3 Å². The quantitative estimate of drug-likeness (QED) is 0.894. The highest BCUT2D eigenvalue weighted by atomic mass is 32.1. The summed E-state index contributed by atoms with van der Waals surface area (Å²) in [6.07, 6.45) is 3.16. The van der Waals surface area contributed by atoms with Crippen LogP contribution in [0.25, 0.3) is 10.4 Å². The first-order valence-electron chi connectivity index (χ1n) is 8.13. The summed E-state index contributed by atoms with van der Waals surface area (Å²) < 4.78 is 13.6. The number of anilines is 1. The molecule has 0 unspecified atom stereocenters. The zero-order chi connectivity index (χ0) is 16.8. The molecule has 3 atom stereocenters. The van der Waals surface area contributed by atoms with E-state index in [9.17, 15) is 9.18 Å². The van der Waals surface area contributed by atoms with Gasteiger partial charge in [-0.1, -0.05) is 23.5 Å². The summed E-state index contributed by atoms with van der Waals surface area (Å²) in [5.41, 5.74) is 12.7. The number of likely N-dealkylation sites (tertiary alicyclic amines) is 1. The molecule has 2 bridgehead atoms. The molecule has 1 amide bonds. The van der Waals surface area contributed by atoms with Crippen molar-refractivity contribution >= 4 is 22.4 Å². The normalized spacial score (nSPS) is 25.4. The summed E-state index contributed by atoms with van der Waals surface area (Å²) in [6.45, 7) is 0.460. The number of carbonyl (C=O) groups excluding carboxylic acids is 1. The van der Waals surface area contributed by atoms with Crippen LogP contribution in [0.5, 0.6) is 0 Å². The molecule has 2 aromatic rings. The predicted octanol–water partition coefficient (Wildman–Crippen LogP) is 2.48. The van der Waals surface area contributed by atoms with Crippen molar-refractivity contribution in [3.63, 3.8) is 0 Å². The van der Waals surface area contributed by atoms with Crippen molar-refractivity contribution < 1.29 is 9.18 Å². The molecule has 4 N–H and O–H groups in total. The first-order chi connectivity index (χ1) is 11.6. The lowest BCUT2D eigenvalue weighted by molar-refractivity contribution is 0.0598. The topological polar surface area (TPSA) is 85.2 Å². The molecular weight excluding hydrogens is 327 g/mol. The molecule has 5 nitrogen and oxygen atoms in total. The fraction of sp³-hybridized carbons (Fsp3) is 0.412. The van der Waals surface area contributed by atoms with Crippen LogP contribution in [0.15, 0.2) is 24.3 Å². The van der Waals surface area contributed by atoms with Gasteiger partial charge in [0, 0.05) is 18.6 Å². The Balaban J connectivity index is 1.73. The molecule has 24 heavy (non-hydrogen) atoms. The average Bonchev–Trinajstić information content (AvgIpc) is 3.27. The number of nitrogens with two attached hydrogens (primary N) is 2. The number of hydrogen-bond acceptors (Lipinski definition) is 5. The summed E-state index contributed by atoms with van der Waals surface area (Å²) in [5, 5.41) is 0.311. The van der Waals surface area contributed by atoms with E-state index >= 15 is 0 Å². The Morgan fingerprint density at radius 3 is 3.00 bits per heavy atom. The number of fused-ring (bicyclic) bond motifs is 2. The maximum Gasteiger partial charge on any atom is 0.274 e. The van der Waals surface area contributed by atoms with E-state index in [-0.39, 0.29) is 23.8 Å². The summed E-state index contributed by atoms with van der Waals surface area (Å²) in [7, 11) is 0. The average molecular weight is 346 g/mol. The van der Waals surface area contributed by atoms with Gasteiger partial charge in [-0.25, -0.2) is 9.37 Å². The van der Waals surface area contributed by atoms with Gasteiger partial charge in [-0.3, -0.25) is 4.79 Å². The van der Waals surface area contributed by atoms with E-state index < -0.39 is 0 Å². The third-order valence-corrected chi connectivity index (χ3v) is 6.08. The Hall–Kier alpha value is -1.99. The third-order valence-electron chi connectivity index (χ3n) is 5.15. The maximum atomic E-state index is 13.6. The molecular formula is C17H19FN4OS. The van der Waals surface area contributed by atoms with Crippen LogP contribution < -0.4 is 11.5 Å². The molecule has 4 rings (SSSR count). The van der Waals surface area contributed by atoms with Gasteiger partial charge in [-0.15, -0.1) is 0 Å². The van der Waals surface area contributed by atoms with E-state index in [0.29, 0.717) is 33.7 Å². The van der Waals surface area contributed by atoms with E-state index in [1.165, 1.54) is 23.5 Å². The number of amides is 1. The van der Waals surface area contributed by atoms with E-state index in [2.05, 4.69) is 4.98 Å².